The molecule has 0 aromatic carbocycles. The van der Waals surface area contributed by atoms with Crippen molar-refractivity contribution < 1.29 is 91.7 Å². The zero-order valence-corrected chi connectivity index (χ0v) is 57.0. The average molecular weight is 1240 g/mol. The fourth-order valence-electron chi connectivity index (χ4n) is 1.25. The molecule has 0 atom stereocenters. The Morgan fingerprint density at radius 1 is 0.564 bits per heavy atom. The van der Waals surface area contributed by atoms with E-state index in [0.29, 0.717) is 19.7 Å². The number of carbonyl (C=O) groups excluding carboxylic acids is 11. The van der Waals surface area contributed by atoms with Crippen molar-refractivity contribution in [2.24, 2.45) is 4.36 Å². The molecule has 0 radical (unpaired) electrons. The van der Waals surface area contributed by atoms with E-state index in [0.717, 1.165) is 26.1 Å². The molecule has 30 heteroatoms. The van der Waals surface area contributed by atoms with Crippen molar-refractivity contribution in [1.29, 1.82) is 0 Å². The number of likely N-dealkylation sites (N-methyl/N-ethyl adjacent to an activating group) is 1. The maximum absolute atomic E-state index is 12.4. The van der Waals surface area contributed by atoms with Crippen LogP contribution in [0.4, 0.5) is 17.6 Å². The van der Waals surface area contributed by atoms with E-state index in [1.165, 1.54) is 100 Å². The Morgan fingerprint density at radius 2 is 0.731 bits per heavy atom. The van der Waals surface area contributed by atoms with Gasteiger partial charge in [0.25, 0.3) is 5.91 Å². The molecule has 78 heavy (non-hydrogen) atoms. The van der Waals surface area contributed by atoms with Gasteiger partial charge >= 0.3 is 17.8 Å². The first-order valence-corrected chi connectivity index (χ1v) is 34.5. The summed E-state index contributed by atoms with van der Waals surface area (Å²) in [6.07, 6.45) is 8.81. The molecule has 0 aromatic heterocycles. The minimum absolute atomic E-state index is 0. The number of sulfone groups is 1. The van der Waals surface area contributed by atoms with Gasteiger partial charge in [0.05, 0.1) is 13.7 Å². The van der Waals surface area contributed by atoms with Crippen LogP contribution in [-0.2, 0) is 87.7 Å². The summed E-state index contributed by atoms with van der Waals surface area (Å²) in [6, 6.07) is 0. The van der Waals surface area contributed by atoms with Crippen LogP contribution in [0.15, 0.2) is 4.36 Å². The molecule has 0 rings (SSSR count). The molecule has 0 spiro atoms. The van der Waals surface area contributed by atoms with E-state index in [2.05, 4.69) is 44.8 Å². The highest BCUT2D eigenvalue weighted by molar-refractivity contribution is 7.92. The lowest BCUT2D eigenvalue weighted by atomic mass is 9.58. The molecule has 0 unspecified atom stereocenters. The Hall–Kier alpha value is -3.58. The number of rotatable bonds is 8. The van der Waals surface area contributed by atoms with Gasteiger partial charge in [-0.15, -0.1) is 7.92 Å². The number of halogens is 4. The van der Waals surface area contributed by atoms with E-state index >= 15 is 0 Å². The molecule has 0 saturated carbocycles. The third-order valence-electron chi connectivity index (χ3n) is 4.29. The minimum Gasteiger partial charge on any atom is -0.343 e. The number of carbonyl (C=O) groups is 11. The van der Waals surface area contributed by atoms with Gasteiger partial charge in [-0.25, -0.2) is 12.8 Å². The number of nitrogens with zero attached hydrogens (tertiary/aromatic N) is 4. The fraction of sp³-hybridized carbons (Fsp3) is 0.771. The smallest absolute Gasteiger partial charge is 0.343 e. The van der Waals surface area contributed by atoms with Gasteiger partial charge in [0.2, 0.25) is 11.6 Å². The summed E-state index contributed by atoms with van der Waals surface area (Å²) >= 11 is 0. The van der Waals surface area contributed by atoms with Gasteiger partial charge in [-0.05, 0) is 81.8 Å². The summed E-state index contributed by atoms with van der Waals surface area (Å²) in [5.41, 5.74) is 0. The monoisotopic (exact) mass is 1240 g/mol. The highest BCUT2D eigenvalue weighted by Crippen LogP contribution is 2.28. The second-order valence-corrected chi connectivity index (χ2v) is 31.8. The molecule has 0 aliphatic carbocycles. The van der Waals surface area contributed by atoms with E-state index in [1.807, 2.05) is 0 Å². The molecule has 0 fully saturated rings. The van der Waals surface area contributed by atoms with Gasteiger partial charge in [0.15, 0.2) is 28.9 Å². The average Bonchev–Trinajstić information content (AvgIpc) is 3.12. The third kappa shape index (κ3) is 205. The van der Waals surface area contributed by atoms with Crippen LogP contribution >= 0.6 is 15.1 Å². The SMILES string of the molecule is C.CB(C)C.CC(=O)C(=O)N(C)C.CC(=O)C(C)=O.CC(=O)C(C)=O.CC(=O)C(F)(F)C(=O)N(C)C.CC(=O)C(F)(F)CN(C)C.CC(C)=O.CC(C)=O.CN=S(C)(C)=O.CP(C)(C)=O.CP(C)C.CS(C)(=O)=O.CS(C)=O. The summed E-state index contributed by atoms with van der Waals surface area (Å²) in [5.74, 6) is -13.1. The summed E-state index contributed by atoms with van der Waals surface area (Å²) in [5, 5.41) is 0. The summed E-state index contributed by atoms with van der Waals surface area (Å²) in [4.78, 5) is 113. The van der Waals surface area contributed by atoms with Gasteiger partial charge in [-0.3, -0.25) is 51.6 Å². The van der Waals surface area contributed by atoms with Crippen LogP contribution < -0.4 is 0 Å². The molecule has 0 bridgehead atoms. The van der Waals surface area contributed by atoms with Crippen molar-refractivity contribution in [2.45, 2.75) is 116 Å². The number of alkyl halides is 4. The lowest BCUT2D eigenvalue weighted by molar-refractivity contribution is -0.163. The number of hydrogen-bond donors (Lipinski definition) is 0. The molecule has 0 N–H and O–H groups in total. The Bertz CT molecular complexity index is 1920. The van der Waals surface area contributed by atoms with Crippen molar-refractivity contribution >= 4 is 116 Å². The largest absolute Gasteiger partial charge is 0.381 e. The zero-order valence-electron chi connectivity index (χ0n) is 52.7. The lowest BCUT2D eigenvalue weighted by Crippen LogP contribution is -2.44. The molecule has 0 aliphatic rings. The maximum Gasteiger partial charge on any atom is 0.381 e. The molecule has 0 aromatic rings. The first-order valence-electron chi connectivity index (χ1n) is 22.1. The van der Waals surface area contributed by atoms with Crippen molar-refractivity contribution in [3.8, 4) is 0 Å². The van der Waals surface area contributed by atoms with Crippen LogP contribution in [0.3, 0.4) is 0 Å². The van der Waals surface area contributed by atoms with Crippen LogP contribution in [0.5, 0.6) is 0 Å². The highest BCUT2D eigenvalue weighted by Gasteiger charge is 2.45. The zero-order chi connectivity index (χ0) is 66.7. The Morgan fingerprint density at radius 3 is 0.756 bits per heavy atom. The van der Waals surface area contributed by atoms with E-state index < -0.39 is 85.1 Å². The Balaban J connectivity index is -0.0000000481. The molecule has 0 aliphatic heterocycles. The maximum atomic E-state index is 12.4. The van der Waals surface area contributed by atoms with Crippen LogP contribution in [0.1, 0.15) is 83.6 Å². The van der Waals surface area contributed by atoms with Gasteiger partial charge in [-0.1, -0.05) is 27.9 Å². The molecule has 0 saturated heterocycles. The second-order valence-electron chi connectivity index (χ2n) is 18.8. The van der Waals surface area contributed by atoms with Crippen molar-refractivity contribution in [3.63, 3.8) is 0 Å². The minimum atomic E-state index is -3.87. The van der Waals surface area contributed by atoms with E-state index in [1.54, 1.807) is 66.2 Å². The van der Waals surface area contributed by atoms with E-state index in [9.17, 15) is 91.7 Å². The highest BCUT2D eigenvalue weighted by atomic mass is 32.2. The van der Waals surface area contributed by atoms with Gasteiger partial charge in [0, 0.05) is 142 Å². The number of hydrogen-bond acceptors (Lipinski definition) is 18. The van der Waals surface area contributed by atoms with Crippen molar-refractivity contribution in [3.05, 3.63) is 0 Å². The van der Waals surface area contributed by atoms with Crippen molar-refractivity contribution in [1.82, 2.24) is 14.7 Å². The first-order chi connectivity index (χ1) is 33.2. The summed E-state index contributed by atoms with van der Waals surface area (Å²) in [6.45, 7) is 32.7. The number of amides is 2. The second kappa shape index (κ2) is 61.1. The third-order valence-corrected chi connectivity index (χ3v) is 5.16. The molecular formula is C48H105BF4N4O16P2S3. The Kier molecular flexibility index (Phi) is 86.0. The predicted octanol–water partition coefficient (Wildman–Crippen LogP) is 6.86. The molecule has 2 amide bonds. The van der Waals surface area contributed by atoms with Crippen LogP contribution in [-0.4, -0.2) is 247 Å². The van der Waals surface area contributed by atoms with E-state index in [4.69, 9.17) is 0 Å². The van der Waals surface area contributed by atoms with Crippen LogP contribution in [0.25, 0.3) is 0 Å². The van der Waals surface area contributed by atoms with Crippen molar-refractivity contribution in [2.75, 3.05) is 133 Å². The summed E-state index contributed by atoms with van der Waals surface area (Å²) < 4.78 is 103. The van der Waals surface area contributed by atoms with Crippen LogP contribution in [0.2, 0.25) is 20.5 Å². The molecule has 20 nitrogen and oxygen atoms in total. The van der Waals surface area contributed by atoms with E-state index in [-0.39, 0.29) is 42.1 Å². The Labute approximate surface area is 474 Å². The number of ketones is 9. The van der Waals surface area contributed by atoms with Gasteiger partial charge < -0.3 is 28.9 Å². The number of Topliss-reactive ketones (excluding diaryl/α,β-unsaturated/α-hetero) is 9. The molecular weight excluding hydrogens is 1130 g/mol. The first kappa shape index (κ1) is 110. The topological polar surface area (TPSA) is 295 Å². The quantitative estimate of drug-likeness (QED) is 0.0788. The lowest BCUT2D eigenvalue weighted by Gasteiger charge is -2.17. The molecule has 472 valence electrons. The molecule has 0 heterocycles. The summed E-state index contributed by atoms with van der Waals surface area (Å²) in [7, 11) is 3.65. The normalized spacial score (nSPS) is 9.44. The van der Waals surface area contributed by atoms with Gasteiger partial charge in [0.1, 0.15) is 28.1 Å². The fourth-order valence-corrected chi connectivity index (χ4v) is 1.25. The predicted molar refractivity (Wildman–Crippen MR) is 323 cm³/mol. The van der Waals surface area contributed by atoms with Gasteiger partial charge in [-0.2, -0.15) is 17.6 Å². The standard InChI is InChI=1S/C6H9F2NO2.C6H11F2NO.C5H9NO2.2C4H6O2.C3H9B.C3H9NOS.C3H9OP.2C3H6O.C3H9P.C2H6O2S.C2H6OS.CH4/c1-4(10)6(7,8)5(11)9(2)3;1-5(10)6(7,8)4-9(2)3;1-4(7)5(8)6(2)3;2*1-3(5)4(2)6;1-4(2)3;1-4-6(2,3)5;1-5(2,3)4;2*1-3(2)4;1-4(2)3;1-5(2,3)4;1-4(2)3;/h1-3H3;4H2,1-3H3;1-3H3;2*1-2H3;1-3H3;1-3H3;1-3H3;2*1-2H3;1-3H3;1-2H3;1-2H3;1H4. The van der Waals surface area contributed by atoms with Crippen LogP contribution in [0, 0.1) is 0 Å².